The lowest BCUT2D eigenvalue weighted by atomic mass is 9.97. The number of hydrogen-bond donors (Lipinski definition) is 5. The van der Waals surface area contributed by atoms with Crippen molar-refractivity contribution < 1.29 is 25.5 Å². The maximum absolute atomic E-state index is 10.3. The van der Waals surface area contributed by atoms with E-state index in [2.05, 4.69) is 0 Å². The predicted molar refractivity (Wildman–Crippen MR) is 79.6 cm³/mol. The molecule has 1 atom stereocenters. The highest BCUT2D eigenvalue weighted by atomic mass is 16.3. The van der Waals surface area contributed by atoms with Crippen LogP contribution in [0.1, 0.15) is 31.9 Å². The van der Waals surface area contributed by atoms with E-state index < -0.39 is 6.10 Å². The van der Waals surface area contributed by atoms with Crippen LogP contribution >= 0.6 is 0 Å². The van der Waals surface area contributed by atoms with Crippen LogP contribution in [0.25, 0.3) is 10.8 Å². The van der Waals surface area contributed by atoms with Gasteiger partial charge in [0.1, 0.15) is 23.0 Å². The first kappa shape index (κ1) is 15.0. The van der Waals surface area contributed by atoms with Gasteiger partial charge in [-0.2, -0.15) is 0 Å². The number of fused-ring (bicyclic) bond motifs is 1. The molecule has 0 saturated heterocycles. The zero-order valence-electron chi connectivity index (χ0n) is 11.8. The standard InChI is InChI=1S/C16H18O5/c1-8(2)3-4-10(17)9-7-13(20)14-11(18)5-6-12(19)15(14)16(9)21/h3,5-7,10,17-21H,4H2,1-2H3/t10-/m1/s1. The molecule has 0 unspecified atom stereocenters. The molecule has 0 spiro atoms. The van der Waals surface area contributed by atoms with Gasteiger partial charge in [-0.05, 0) is 38.5 Å². The summed E-state index contributed by atoms with van der Waals surface area (Å²) in [5.41, 5.74) is 1.11. The van der Waals surface area contributed by atoms with Gasteiger partial charge < -0.3 is 25.5 Å². The second-order valence-corrected chi connectivity index (χ2v) is 5.22. The molecular weight excluding hydrogens is 272 g/mol. The molecule has 0 aliphatic rings. The van der Waals surface area contributed by atoms with E-state index in [1.165, 1.54) is 18.2 Å². The summed E-state index contributed by atoms with van der Waals surface area (Å²) in [6.07, 6.45) is 1.03. The van der Waals surface area contributed by atoms with Crippen LogP contribution in [-0.4, -0.2) is 25.5 Å². The lowest BCUT2D eigenvalue weighted by Crippen LogP contribution is -1.97. The summed E-state index contributed by atoms with van der Waals surface area (Å²) in [5, 5.41) is 49.9. The molecule has 2 aromatic carbocycles. The summed E-state index contributed by atoms with van der Waals surface area (Å²) in [6, 6.07) is 3.62. The van der Waals surface area contributed by atoms with Gasteiger partial charge in [0.05, 0.1) is 16.9 Å². The van der Waals surface area contributed by atoms with Gasteiger partial charge in [0, 0.05) is 5.56 Å². The number of hydrogen-bond acceptors (Lipinski definition) is 5. The molecule has 0 fully saturated rings. The summed E-state index contributed by atoms with van der Waals surface area (Å²) in [7, 11) is 0. The monoisotopic (exact) mass is 290 g/mol. The van der Waals surface area contributed by atoms with Crippen molar-refractivity contribution in [1.29, 1.82) is 0 Å². The number of phenols is 4. The van der Waals surface area contributed by atoms with E-state index in [9.17, 15) is 25.5 Å². The zero-order valence-corrected chi connectivity index (χ0v) is 11.8. The number of rotatable bonds is 3. The molecular formula is C16H18O5. The molecule has 5 N–H and O–H groups in total. The minimum absolute atomic E-state index is 0.0503. The zero-order chi connectivity index (χ0) is 15.7. The van der Waals surface area contributed by atoms with Crippen LogP contribution in [0.4, 0.5) is 0 Å². The summed E-state index contributed by atoms with van der Waals surface area (Å²) in [5.74, 6) is -1.22. The van der Waals surface area contributed by atoms with E-state index in [1.807, 2.05) is 13.8 Å². The van der Waals surface area contributed by atoms with Gasteiger partial charge in [0.15, 0.2) is 0 Å². The first-order valence-electron chi connectivity index (χ1n) is 6.53. The van der Waals surface area contributed by atoms with Crippen LogP contribution in [-0.2, 0) is 0 Å². The summed E-state index contributed by atoms with van der Waals surface area (Å²) in [6.45, 7) is 3.77. The van der Waals surface area contributed by atoms with Crippen LogP contribution in [0.2, 0.25) is 0 Å². The van der Waals surface area contributed by atoms with Crippen LogP contribution in [0.3, 0.4) is 0 Å². The lowest BCUT2D eigenvalue weighted by molar-refractivity contribution is 0.177. The molecule has 5 nitrogen and oxygen atoms in total. The normalized spacial score (nSPS) is 12.3. The fourth-order valence-corrected chi connectivity index (χ4v) is 2.24. The van der Waals surface area contributed by atoms with Gasteiger partial charge in [-0.3, -0.25) is 0 Å². The molecule has 5 heteroatoms. The molecule has 112 valence electrons. The van der Waals surface area contributed by atoms with E-state index in [0.29, 0.717) is 0 Å². The molecule has 0 aromatic heterocycles. The predicted octanol–water partition coefficient (Wildman–Crippen LogP) is 3.05. The molecule has 2 rings (SSSR count). The third-order valence-electron chi connectivity index (χ3n) is 3.33. The van der Waals surface area contributed by atoms with Gasteiger partial charge in [-0.1, -0.05) is 11.6 Å². The third-order valence-corrected chi connectivity index (χ3v) is 3.33. The first-order valence-corrected chi connectivity index (χ1v) is 6.53. The topological polar surface area (TPSA) is 101 Å². The Labute approximate surface area is 122 Å². The summed E-state index contributed by atoms with van der Waals surface area (Å²) < 4.78 is 0. The molecule has 2 aromatic rings. The average Bonchev–Trinajstić information content (AvgIpc) is 2.42. The Balaban J connectivity index is 2.65. The Morgan fingerprint density at radius 2 is 1.57 bits per heavy atom. The van der Waals surface area contributed by atoms with Gasteiger partial charge in [0.25, 0.3) is 0 Å². The smallest absolute Gasteiger partial charge is 0.133 e. The second kappa shape index (κ2) is 5.54. The Kier molecular flexibility index (Phi) is 3.95. The number of allylic oxidation sites excluding steroid dienone is 1. The van der Waals surface area contributed by atoms with Gasteiger partial charge >= 0.3 is 0 Å². The first-order chi connectivity index (χ1) is 9.82. The van der Waals surface area contributed by atoms with Gasteiger partial charge in [-0.15, -0.1) is 0 Å². The number of aromatic hydroxyl groups is 4. The van der Waals surface area contributed by atoms with Gasteiger partial charge in [-0.25, -0.2) is 0 Å². The SMILES string of the molecule is CC(C)=CC[C@@H](O)c1cc(O)c2c(O)ccc(O)c2c1O. The van der Waals surface area contributed by atoms with E-state index in [1.54, 1.807) is 6.08 Å². The van der Waals surface area contributed by atoms with Crippen LogP contribution in [0.5, 0.6) is 23.0 Å². The second-order valence-electron chi connectivity index (χ2n) is 5.22. The van der Waals surface area contributed by atoms with Crippen molar-refractivity contribution >= 4 is 10.8 Å². The van der Waals surface area contributed by atoms with Crippen LogP contribution in [0.15, 0.2) is 29.8 Å². The fourth-order valence-electron chi connectivity index (χ4n) is 2.24. The summed E-state index contributed by atoms with van der Waals surface area (Å²) >= 11 is 0. The van der Waals surface area contributed by atoms with Crippen molar-refractivity contribution in [3.63, 3.8) is 0 Å². The number of phenolic OH excluding ortho intramolecular Hbond substituents is 4. The highest BCUT2D eigenvalue weighted by Crippen LogP contribution is 2.46. The van der Waals surface area contributed by atoms with Crippen molar-refractivity contribution in [2.75, 3.05) is 0 Å². The fraction of sp³-hybridized carbons (Fsp3) is 0.250. The molecule has 0 saturated carbocycles. The minimum atomic E-state index is -1.03. The maximum Gasteiger partial charge on any atom is 0.133 e. The third kappa shape index (κ3) is 2.73. The average molecular weight is 290 g/mol. The molecule has 0 bridgehead atoms. The van der Waals surface area contributed by atoms with Crippen molar-refractivity contribution in [2.24, 2.45) is 0 Å². The Hall–Kier alpha value is -2.40. The largest absolute Gasteiger partial charge is 0.507 e. The molecule has 0 heterocycles. The van der Waals surface area contributed by atoms with Crippen LogP contribution in [0, 0.1) is 0 Å². The quantitative estimate of drug-likeness (QED) is 0.442. The lowest BCUT2D eigenvalue weighted by Gasteiger charge is -2.15. The van der Waals surface area contributed by atoms with Crippen LogP contribution < -0.4 is 0 Å². The van der Waals surface area contributed by atoms with E-state index >= 15 is 0 Å². The number of aliphatic hydroxyl groups is 1. The molecule has 0 aliphatic heterocycles. The highest BCUT2D eigenvalue weighted by molar-refractivity contribution is 6.02. The van der Waals surface area contributed by atoms with E-state index in [0.717, 1.165) is 5.57 Å². The van der Waals surface area contributed by atoms with E-state index in [-0.39, 0.29) is 45.8 Å². The van der Waals surface area contributed by atoms with Crippen molar-refractivity contribution in [2.45, 2.75) is 26.4 Å². The Morgan fingerprint density at radius 1 is 1.00 bits per heavy atom. The number of benzene rings is 2. The number of aliphatic hydroxyl groups excluding tert-OH is 1. The molecule has 0 amide bonds. The Bertz CT molecular complexity index is 714. The maximum atomic E-state index is 10.3. The molecule has 0 radical (unpaired) electrons. The van der Waals surface area contributed by atoms with Crippen molar-refractivity contribution in [1.82, 2.24) is 0 Å². The summed E-state index contributed by atoms with van der Waals surface area (Å²) in [4.78, 5) is 0. The van der Waals surface area contributed by atoms with E-state index in [4.69, 9.17) is 0 Å². The highest BCUT2D eigenvalue weighted by Gasteiger charge is 2.21. The Morgan fingerprint density at radius 3 is 2.14 bits per heavy atom. The van der Waals surface area contributed by atoms with Gasteiger partial charge in [0.2, 0.25) is 0 Å². The molecule has 21 heavy (non-hydrogen) atoms. The van der Waals surface area contributed by atoms with Crippen molar-refractivity contribution in [3.8, 4) is 23.0 Å². The minimum Gasteiger partial charge on any atom is -0.507 e. The van der Waals surface area contributed by atoms with Crippen molar-refractivity contribution in [3.05, 3.63) is 35.4 Å². The molecule has 0 aliphatic carbocycles.